The fourth-order valence-electron chi connectivity index (χ4n) is 4.25. The van der Waals surface area contributed by atoms with Crippen molar-refractivity contribution < 1.29 is 27.8 Å². The van der Waals surface area contributed by atoms with Gasteiger partial charge in [0.2, 0.25) is 0 Å². The number of ether oxygens (including phenoxy) is 1. The van der Waals surface area contributed by atoms with Crippen molar-refractivity contribution in [1.82, 2.24) is 10.2 Å². The highest BCUT2D eigenvalue weighted by Crippen LogP contribution is 2.39. The smallest absolute Gasteiger partial charge is 0.338 e. The number of allylic oxidation sites excluding steroid dienone is 2. The van der Waals surface area contributed by atoms with E-state index in [4.69, 9.17) is 21.3 Å². The van der Waals surface area contributed by atoms with Crippen LogP contribution in [-0.2, 0) is 9.53 Å². The Bertz CT molecular complexity index is 1150. The second kappa shape index (κ2) is 11.0. The minimum absolute atomic E-state index is 0.0743. The van der Waals surface area contributed by atoms with Crippen LogP contribution in [0.2, 0.25) is 5.02 Å². The third-order valence-electron chi connectivity index (χ3n) is 6.12. The lowest BCUT2D eigenvalue weighted by Gasteiger charge is -2.30. The van der Waals surface area contributed by atoms with Gasteiger partial charge in [-0.2, -0.15) is 0 Å². The number of halogens is 4. The molecule has 1 saturated heterocycles. The fraction of sp³-hybridized carbons (Fsp3) is 0.440. The number of aliphatic imine (C=N–C) groups is 1. The maximum atomic E-state index is 14.1. The number of nitrogens with one attached hydrogen (secondary N) is 1. The maximum absolute atomic E-state index is 14.1. The van der Waals surface area contributed by atoms with Gasteiger partial charge in [-0.15, -0.1) is 0 Å². The molecule has 4 rings (SSSR count). The first-order valence-electron chi connectivity index (χ1n) is 11.6. The zero-order chi connectivity index (χ0) is 26.0. The van der Waals surface area contributed by atoms with E-state index in [1.54, 1.807) is 6.92 Å². The Labute approximate surface area is 216 Å². The largest absolute Gasteiger partial charge is 0.463 e. The van der Waals surface area contributed by atoms with Gasteiger partial charge < -0.3 is 15.2 Å². The number of alkyl halides is 2. The fourth-order valence-corrected chi connectivity index (χ4v) is 5.42. The van der Waals surface area contributed by atoms with Crippen LogP contribution in [0.3, 0.4) is 0 Å². The van der Waals surface area contributed by atoms with Crippen LogP contribution in [0.15, 0.2) is 56.9 Å². The van der Waals surface area contributed by atoms with Crippen LogP contribution in [0.1, 0.15) is 31.9 Å². The first-order valence-corrected chi connectivity index (χ1v) is 12.9. The Hall–Kier alpha value is -2.27. The predicted octanol–water partition coefficient (Wildman–Crippen LogP) is 4.82. The summed E-state index contributed by atoms with van der Waals surface area (Å²) < 4.78 is 47.3. The summed E-state index contributed by atoms with van der Waals surface area (Å²) in [5.41, 5.74) is 0.797. The molecule has 6 nitrogen and oxygen atoms in total. The van der Waals surface area contributed by atoms with Gasteiger partial charge in [-0.25, -0.2) is 18.0 Å². The van der Waals surface area contributed by atoms with Crippen molar-refractivity contribution in [2.45, 2.75) is 38.3 Å². The molecule has 0 bridgehead atoms. The minimum Gasteiger partial charge on any atom is -0.463 e. The number of carbonyl (C=O) groups is 1. The number of rotatable bonds is 6. The summed E-state index contributed by atoms with van der Waals surface area (Å²) in [5.74, 6) is -3.73. The van der Waals surface area contributed by atoms with Crippen LogP contribution in [-0.4, -0.2) is 60.1 Å². The number of β-amino-alcohol motifs (C(OH)–C–C–N with tert-alkyl or cyclic N) is 1. The number of aliphatic hydroxyl groups excluding tert-OH is 1. The average molecular weight is 542 g/mol. The lowest BCUT2D eigenvalue weighted by molar-refractivity contribution is -0.139. The number of amidine groups is 1. The van der Waals surface area contributed by atoms with E-state index in [-0.39, 0.29) is 30.3 Å². The van der Waals surface area contributed by atoms with Gasteiger partial charge in [0.15, 0.2) is 0 Å². The number of thioether (sulfide) groups is 1. The monoisotopic (exact) mass is 541 g/mol. The molecular weight excluding hydrogens is 515 g/mol. The average Bonchev–Trinajstić information content (AvgIpc) is 2.94. The van der Waals surface area contributed by atoms with Crippen molar-refractivity contribution in [2.24, 2.45) is 10.9 Å². The summed E-state index contributed by atoms with van der Waals surface area (Å²) in [5, 5.41) is 15.0. The molecule has 194 valence electrons. The summed E-state index contributed by atoms with van der Waals surface area (Å²) in [6.07, 6.45) is 3.04. The van der Waals surface area contributed by atoms with Crippen LogP contribution in [0.25, 0.3) is 0 Å². The number of likely N-dealkylation sites (tertiary alicyclic amines) is 1. The summed E-state index contributed by atoms with van der Waals surface area (Å²) in [4.78, 5) is 20.1. The Kier molecular flexibility index (Phi) is 8.18. The van der Waals surface area contributed by atoms with Gasteiger partial charge in [0, 0.05) is 34.3 Å². The molecule has 0 aliphatic carbocycles. The molecule has 36 heavy (non-hydrogen) atoms. The van der Waals surface area contributed by atoms with Crippen LogP contribution >= 0.6 is 23.4 Å². The van der Waals surface area contributed by atoms with Crippen molar-refractivity contribution in [1.29, 1.82) is 0 Å². The maximum Gasteiger partial charge on any atom is 0.338 e. The normalized spacial score (nSPS) is 26.2. The zero-order valence-corrected chi connectivity index (χ0v) is 21.4. The second-order valence-electron chi connectivity index (χ2n) is 8.96. The SMILES string of the molecule is CCOC(=O)C1=C(CN2CC(O)C(F)(F)C2)NC(C2=CCC(C)C=CS2)=N[C@H]1c1ccc(F)cc1Cl. The molecule has 0 amide bonds. The second-order valence-corrected chi connectivity index (χ2v) is 10.3. The molecule has 0 aromatic heterocycles. The van der Waals surface area contributed by atoms with Crippen molar-refractivity contribution in [3.8, 4) is 0 Å². The summed E-state index contributed by atoms with van der Waals surface area (Å²) in [7, 11) is 0. The van der Waals surface area contributed by atoms with Crippen molar-refractivity contribution >= 4 is 35.2 Å². The standard InChI is InChI=1S/C25H27ClF3N3O3S/c1-3-35-24(34)21-18(11-32-12-20(33)25(28,29)13-32)30-23(19-7-4-14(2)8-9-36-19)31-22(21)16-6-5-15(27)10-17(16)26/h5-10,14,20,22,33H,3-4,11-13H2,1-2H3,(H,30,31)/t14?,20?,22-/m0/s1. The van der Waals surface area contributed by atoms with E-state index >= 15 is 0 Å². The number of nitrogens with zero attached hydrogens (tertiary/aromatic N) is 2. The van der Waals surface area contributed by atoms with E-state index in [9.17, 15) is 23.1 Å². The highest BCUT2D eigenvalue weighted by molar-refractivity contribution is 8.06. The Morgan fingerprint density at radius 2 is 2.19 bits per heavy atom. The van der Waals surface area contributed by atoms with Crippen molar-refractivity contribution in [3.05, 3.63) is 68.3 Å². The van der Waals surface area contributed by atoms with E-state index < -0.39 is 36.4 Å². The van der Waals surface area contributed by atoms with E-state index in [1.807, 2.05) is 11.5 Å². The third kappa shape index (κ3) is 5.82. The van der Waals surface area contributed by atoms with Gasteiger partial charge in [0.05, 0.1) is 18.7 Å². The number of hydrogen-bond acceptors (Lipinski definition) is 7. The molecule has 3 aliphatic heterocycles. The number of aliphatic hydroxyl groups is 1. The molecule has 1 fully saturated rings. The summed E-state index contributed by atoms with van der Waals surface area (Å²) >= 11 is 7.83. The lowest BCUT2D eigenvalue weighted by atomic mass is 9.95. The first kappa shape index (κ1) is 26.8. The third-order valence-corrected chi connectivity index (χ3v) is 7.36. The molecule has 1 aromatic rings. The molecule has 3 aliphatic rings. The number of hydrogen-bond donors (Lipinski definition) is 2. The molecule has 2 unspecified atom stereocenters. The van der Waals surface area contributed by atoms with Crippen molar-refractivity contribution in [2.75, 3.05) is 26.2 Å². The van der Waals surface area contributed by atoms with Crippen LogP contribution in [0.4, 0.5) is 13.2 Å². The van der Waals surface area contributed by atoms with Gasteiger partial charge in [-0.1, -0.05) is 48.5 Å². The van der Waals surface area contributed by atoms with Gasteiger partial charge in [0.25, 0.3) is 5.92 Å². The number of benzene rings is 1. The van der Waals surface area contributed by atoms with Gasteiger partial charge >= 0.3 is 5.97 Å². The Morgan fingerprint density at radius 1 is 1.42 bits per heavy atom. The number of carbonyl (C=O) groups excluding carboxylic acids is 1. The van der Waals surface area contributed by atoms with Crippen molar-refractivity contribution in [3.63, 3.8) is 0 Å². The lowest BCUT2D eigenvalue weighted by Crippen LogP contribution is -2.39. The zero-order valence-electron chi connectivity index (χ0n) is 19.8. The molecule has 0 spiro atoms. The molecule has 0 saturated carbocycles. The van der Waals surface area contributed by atoms with E-state index in [0.717, 1.165) is 17.4 Å². The Morgan fingerprint density at radius 3 is 2.86 bits per heavy atom. The quantitative estimate of drug-likeness (QED) is 0.503. The van der Waals surface area contributed by atoms with Gasteiger partial charge in [-0.05, 0) is 36.8 Å². The predicted molar refractivity (Wildman–Crippen MR) is 134 cm³/mol. The van der Waals surface area contributed by atoms with Crippen LogP contribution < -0.4 is 5.32 Å². The molecule has 0 radical (unpaired) electrons. The van der Waals surface area contributed by atoms with E-state index in [2.05, 4.69) is 18.3 Å². The van der Waals surface area contributed by atoms with Crippen LogP contribution in [0.5, 0.6) is 0 Å². The molecule has 1 aromatic carbocycles. The minimum atomic E-state index is -3.27. The van der Waals surface area contributed by atoms with Gasteiger partial charge in [-0.3, -0.25) is 9.89 Å². The summed E-state index contributed by atoms with van der Waals surface area (Å²) in [6.45, 7) is 2.80. The summed E-state index contributed by atoms with van der Waals surface area (Å²) in [6, 6.07) is 2.86. The molecule has 2 N–H and O–H groups in total. The first-order chi connectivity index (χ1) is 17.1. The Balaban J connectivity index is 1.81. The molecule has 11 heteroatoms. The molecule has 3 heterocycles. The van der Waals surface area contributed by atoms with Crippen LogP contribution in [0, 0.1) is 11.7 Å². The van der Waals surface area contributed by atoms with E-state index in [1.165, 1.54) is 28.8 Å². The molecular formula is C25H27ClF3N3O3S. The highest BCUT2D eigenvalue weighted by Gasteiger charge is 2.47. The molecule has 3 atom stereocenters. The topological polar surface area (TPSA) is 74.2 Å². The van der Waals surface area contributed by atoms with Gasteiger partial charge in [0.1, 0.15) is 23.8 Å². The highest BCUT2D eigenvalue weighted by atomic mass is 35.5. The number of esters is 1. The van der Waals surface area contributed by atoms with E-state index in [0.29, 0.717) is 23.0 Å².